The number of nitrogens with one attached hydrogen (secondary N) is 1. The highest BCUT2D eigenvalue weighted by atomic mass is 32.1. The topological polar surface area (TPSA) is 31.4 Å². The molecule has 21 heavy (non-hydrogen) atoms. The zero-order chi connectivity index (χ0) is 15.2. The SMILES string of the molecule is CCCNCc1sc(N(C)CC2CCN(C)CC2)nc1C. The van der Waals surface area contributed by atoms with Gasteiger partial charge in [-0.2, -0.15) is 0 Å². The van der Waals surface area contributed by atoms with Gasteiger partial charge in [0.1, 0.15) is 0 Å². The van der Waals surface area contributed by atoms with Crippen LogP contribution in [-0.2, 0) is 6.54 Å². The van der Waals surface area contributed by atoms with Crippen molar-refractivity contribution in [1.82, 2.24) is 15.2 Å². The average Bonchev–Trinajstić information content (AvgIpc) is 2.83. The number of aromatic nitrogens is 1. The molecule has 0 saturated carbocycles. The molecule has 1 N–H and O–H groups in total. The van der Waals surface area contributed by atoms with E-state index in [1.165, 1.54) is 48.1 Å². The summed E-state index contributed by atoms with van der Waals surface area (Å²) in [6.45, 7) is 9.99. The Morgan fingerprint density at radius 3 is 2.76 bits per heavy atom. The van der Waals surface area contributed by atoms with Gasteiger partial charge in [-0.1, -0.05) is 6.92 Å². The molecule has 0 aliphatic carbocycles. The van der Waals surface area contributed by atoms with E-state index in [4.69, 9.17) is 4.98 Å². The lowest BCUT2D eigenvalue weighted by atomic mass is 9.97. The number of thiazole rings is 1. The molecule has 0 unspecified atom stereocenters. The van der Waals surface area contributed by atoms with Crippen LogP contribution in [0.4, 0.5) is 5.13 Å². The Bertz CT molecular complexity index is 424. The molecular weight excluding hydrogens is 280 g/mol. The molecule has 0 amide bonds. The van der Waals surface area contributed by atoms with E-state index in [9.17, 15) is 0 Å². The minimum atomic E-state index is 0.817. The second-order valence-electron chi connectivity index (χ2n) is 6.31. The van der Waals surface area contributed by atoms with Crippen LogP contribution < -0.4 is 10.2 Å². The number of hydrogen-bond donors (Lipinski definition) is 1. The molecule has 0 radical (unpaired) electrons. The summed E-state index contributed by atoms with van der Waals surface area (Å²) in [5.74, 6) is 0.817. The van der Waals surface area contributed by atoms with E-state index < -0.39 is 0 Å². The molecule has 1 aliphatic heterocycles. The maximum absolute atomic E-state index is 4.76. The third-order valence-electron chi connectivity index (χ3n) is 4.29. The first-order chi connectivity index (χ1) is 10.1. The summed E-state index contributed by atoms with van der Waals surface area (Å²) in [6, 6.07) is 0. The first-order valence-electron chi connectivity index (χ1n) is 8.16. The Morgan fingerprint density at radius 1 is 1.38 bits per heavy atom. The quantitative estimate of drug-likeness (QED) is 0.785. The van der Waals surface area contributed by atoms with E-state index >= 15 is 0 Å². The highest BCUT2D eigenvalue weighted by molar-refractivity contribution is 7.15. The molecule has 0 bridgehead atoms. The van der Waals surface area contributed by atoms with Gasteiger partial charge >= 0.3 is 0 Å². The summed E-state index contributed by atoms with van der Waals surface area (Å²) in [7, 11) is 4.42. The lowest BCUT2D eigenvalue weighted by molar-refractivity contribution is 0.222. The van der Waals surface area contributed by atoms with Crippen LogP contribution in [0.2, 0.25) is 0 Å². The number of likely N-dealkylation sites (tertiary alicyclic amines) is 1. The Balaban J connectivity index is 1.87. The second kappa shape index (κ2) is 8.11. The van der Waals surface area contributed by atoms with Crippen LogP contribution in [0.1, 0.15) is 36.8 Å². The number of rotatable bonds is 7. The van der Waals surface area contributed by atoms with Gasteiger partial charge in [-0.05, 0) is 58.8 Å². The van der Waals surface area contributed by atoms with E-state index in [1.807, 2.05) is 11.3 Å². The molecule has 1 fully saturated rings. The molecule has 5 heteroatoms. The van der Waals surface area contributed by atoms with E-state index in [1.54, 1.807) is 0 Å². The van der Waals surface area contributed by atoms with Crippen molar-refractivity contribution in [3.63, 3.8) is 0 Å². The van der Waals surface area contributed by atoms with Gasteiger partial charge in [0.2, 0.25) is 0 Å². The van der Waals surface area contributed by atoms with Gasteiger partial charge in [-0.25, -0.2) is 4.98 Å². The van der Waals surface area contributed by atoms with E-state index in [-0.39, 0.29) is 0 Å². The Hall–Kier alpha value is -0.650. The molecule has 1 aromatic rings. The van der Waals surface area contributed by atoms with Crippen LogP contribution >= 0.6 is 11.3 Å². The van der Waals surface area contributed by atoms with Crippen molar-refractivity contribution in [2.24, 2.45) is 5.92 Å². The molecule has 0 atom stereocenters. The van der Waals surface area contributed by atoms with Crippen molar-refractivity contribution in [2.45, 2.75) is 39.7 Å². The number of aryl methyl sites for hydroxylation is 1. The monoisotopic (exact) mass is 310 g/mol. The van der Waals surface area contributed by atoms with Gasteiger partial charge in [-0.3, -0.25) is 0 Å². The zero-order valence-electron chi connectivity index (χ0n) is 14.0. The fourth-order valence-electron chi connectivity index (χ4n) is 2.83. The molecule has 2 rings (SSSR count). The molecule has 1 aromatic heterocycles. The largest absolute Gasteiger partial charge is 0.351 e. The summed E-state index contributed by atoms with van der Waals surface area (Å²) >= 11 is 1.85. The maximum atomic E-state index is 4.76. The minimum absolute atomic E-state index is 0.817. The summed E-state index contributed by atoms with van der Waals surface area (Å²) < 4.78 is 0. The summed E-state index contributed by atoms with van der Waals surface area (Å²) in [5, 5.41) is 4.66. The van der Waals surface area contributed by atoms with Crippen molar-refractivity contribution in [2.75, 3.05) is 45.2 Å². The highest BCUT2D eigenvalue weighted by Crippen LogP contribution is 2.27. The minimum Gasteiger partial charge on any atom is -0.351 e. The van der Waals surface area contributed by atoms with Gasteiger partial charge in [0.05, 0.1) is 5.69 Å². The first kappa shape index (κ1) is 16.7. The van der Waals surface area contributed by atoms with E-state index in [0.717, 1.165) is 25.6 Å². The fraction of sp³-hybridized carbons (Fsp3) is 0.812. The summed E-state index contributed by atoms with van der Waals surface area (Å²) in [4.78, 5) is 10.9. The van der Waals surface area contributed by atoms with Gasteiger partial charge in [0, 0.05) is 25.0 Å². The molecule has 1 saturated heterocycles. The summed E-state index contributed by atoms with van der Waals surface area (Å²) in [5.41, 5.74) is 1.19. The molecule has 120 valence electrons. The van der Waals surface area contributed by atoms with Gasteiger partial charge in [-0.15, -0.1) is 11.3 Å². The third kappa shape index (κ3) is 4.94. The predicted molar refractivity (Wildman–Crippen MR) is 92.3 cm³/mol. The number of anilines is 1. The van der Waals surface area contributed by atoms with Crippen LogP contribution in [-0.4, -0.2) is 50.2 Å². The van der Waals surface area contributed by atoms with Crippen molar-refractivity contribution in [1.29, 1.82) is 0 Å². The molecule has 1 aliphatic rings. The molecule has 2 heterocycles. The van der Waals surface area contributed by atoms with Crippen LogP contribution in [0.3, 0.4) is 0 Å². The number of piperidine rings is 1. The molecule has 0 aromatic carbocycles. The molecule has 4 nitrogen and oxygen atoms in total. The molecule has 0 spiro atoms. The Labute approximate surface area is 133 Å². The van der Waals surface area contributed by atoms with Gasteiger partial charge in [0.25, 0.3) is 0 Å². The van der Waals surface area contributed by atoms with Crippen LogP contribution in [0, 0.1) is 12.8 Å². The normalized spacial score (nSPS) is 17.3. The molecular formula is C16H30N4S. The van der Waals surface area contributed by atoms with Crippen molar-refractivity contribution in [3.8, 4) is 0 Å². The highest BCUT2D eigenvalue weighted by Gasteiger charge is 2.20. The predicted octanol–water partition coefficient (Wildman–Crippen LogP) is 2.73. The third-order valence-corrected chi connectivity index (χ3v) is 5.56. The Morgan fingerprint density at radius 2 is 2.10 bits per heavy atom. The van der Waals surface area contributed by atoms with Crippen LogP contribution in [0.5, 0.6) is 0 Å². The maximum Gasteiger partial charge on any atom is 0.185 e. The fourth-order valence-corrected chi connectivity index (χ4v) is 3.83. The van der Waals surface area contributed by atoms with Crippen molar-refractivity contribution >= 4 is 16.5 Å². The smallest absolute Gasteiger partial charge is 0.185 e. The number of hydrogen-bond acceptors (Lipinski definition) is 5. The first-order valence-corrected chi connectivity index (χ1v) is 8.98. The van der Waals surface area contributed by atoms with E-state index in [2.05, 4.69) is 43.1 Å². The standard InChI is InChI=1S/C16H30N4S/c1-5-8-17-11-15-13(2)18-16(21-15)20(4)12-14-6-9-19(3)10-7-14/h14,17H,5-12H2,1-4H3. The van der Waals surface area contributed by atoms with Crippen molar-refractivity contribution < 1.29 is 0 Å². The number of nitrogens with zero attached hydrogens (tertiary/aromatic N) is 3. The lowest BCUT2D eigenvalue weighted by Crippen LogP contribution is -2.35. The summed E-state index contributed by atoms with van der Waals surface area (Å²) in [6.07, 6.45) is 3.81. The lowest BCUT2D eigenvalue weighted by Gasteiger charge is -2.31. The Kier molecular flexibility index (Phi) is 6.45. The van der Waals surface area contributed by atoms with Crippen LogP contribution in [0.25, 0.3) is 0 Å². The van der Waals surface area contributed by atoms with Crippen molar-refractivity contribution in [3.05, 3.63) is 10.6 Å². The van der Waals surface area contributed by atoms with Crippen LogP contribution in [0.15, 0.2) is 0 Å². The van der Waals surface area contributed by atoms with E-state index in [0.29, 0.717) is 0 Å². The van der Waals surface area contributed by atoms with Gasteiger partial charge < -0.3 is 15.1 Å². The van der Waals surface area contributed by atoms with Gasteiger partial charge in [0.15, 0.2) is 5.13 Å². The average molecular weight is 311 g/mol. The zero-order valence-corrected chi connectivity index (χ0v) is 14.8. The second-order valence-corrected chi connectivity index (χ2v) is 7.37.